The van der Waals surface area contributed by atoms with Crippen LogP contribution in [0.1, 0.15) is 64.4 Å². The van der Waals surface area contributed by atoms with Crippen LogP contribution in [-0.4, -0.2) is 64.6 Å². The standard InChI is InChI=1S/C41H49N5O7S2/c1-27(2)35(33(48)25-29(13-12-23-43-41(42)53)38(50)44-30-21-19-28(26-47)20-22-30)45-34(49)18-10-5-11-24-46-39(51)36(54-31-14-6-3-7-15-31)37(40(46)52)55-32-16-8-4-9-17-32/h3-4,6-9,14-17,19-22,27,29,35,47H,5,10-13,18,23-26H2,1-2H3,(H,44,50)(H,45,49)(H3,42,43,53)/t29-,35+/m1/s1. The van der Waals surface area contributed by atoms with Crippen LogP contribution < -0.4 is 21.7 Å². The van der Waals surface area contributed by atoms with Crippen molar-refractivity contribution in [3.63, 3.8) is 0 Å². The Kier molecular flexibility index (Phi) is 17.0. The summed E-state index contributed by atoms with van der Waals surface area (Å²) in [5, 5.41) is 17.5. The van der Waals surface area contributed by atoms with E-state index in [-0.39, 0.29) is 67.9 Å². The zero-order valence-electron chi connectivity index (χ0n) is 31.1. The number of amides is 6. The fourth-order valence-electron chi connectivity index (χ4n) is 5.92. The molecule has 0 saturated heterocycles. The van der Waals surface area contributed by atoms with Gasteiger partial charge in [0.1, 0.15) is 0 Å². The quantitative estimate of drug-likeness (QED) is 0.0601. The number of thioether (sulfide) groups is 2. The van der Waals surface area contributed by atoms with Gasteiger partial charge in [-0.25, -0.2) is 4.79 Å². The van der Waals surface area contributed by atoms with Gasteiger partial charge >= 0.3 is 6.03 Å². The lowest BCUT2D eigenvalue weighted by molar-refractivity contribution is -0.137. The van der Waals surface area contributed by atoms with Crippen molar-refractivity contribution >= 4 is 64.7 Å². The number of rotatable bonds is 22. The summed E-state index contributed by atoms with van der Waals surface area (Å²) < 4.78 is 0. The second-order valence-electron chi connectivity index (χ2n) is 13.5. The normalized spacial score (nSPS) is 13.9. The van der Waals surface area contributed by atoms with Crippen LogP contribution >= 0.6 is 23.5 Å². The molecule has 0 fully saturated rings. The highest BCUT2D eigenvalue weighted by Crippen LogP contribution is 2.42. The Hall–Kier alpha value is -4.92. The van der Waals surface area contributed by atoms with Crippen molar-refractivity contribution in [2.45, 2.75) is 81.2 Å². The molecule has 1 aliphatic heterocycles. The Labute approximate surface area is 330 Å². The van der Waals surface area contributed by atoms with Crippen molar-refractivity contribution in [3.05, 3.63) is 100 Å². The molecule has 14 heteroatoms. The van der Waals surface area contributed by atoms with Gasteiger partial charge < -0.3 is 26.8 Å². The Morgan fingerprint density at radius 2 is 1.36 bits per heavy atom. The first-order valence-electron chi connectivity index (χ1n) is 18.4. The van der Waals surface area contributed by atoms with Crippen LogP contribution in [0.15, 0.2) is 105 Å². The number of imide groups is 1. The molecule has 0 spiro atoms. The molecule has 2 atom stereocenters. The second-order valence-corrected chi connectivity index (χ2v) is 15.7. The number of nitrogens with zero attached hydrogens (tertiary/aromatic N) is 1. The minimum Gasteiger partial charge on any atom is -0.392 e. The number of aliphatic hydroxyl groups excluding tert-OH is 1. The highest BCUT2D eigenvalue weighted by atomic mass is 32.2. The van der Waals surface area contributed by atoms with Gasteiger partial charge in [0, 0.05) is 47.3 Å². The average molecular weight is 788 g/mol. The lowest BCUT2D eigenvalue weighted by atomic mass is 9.89. The Morgan fingerprint density at radius 3 is 1.89 bits per heavy atom. The predicted octanol–water partition coefficient (Wildman–Crippen LogP) is 6.01. The van der Waals surface area contributed by atoms with Gasteiger partial charge in [-0.3, -0.25) is 28.9 Å². The van der Waals surface area contributed by atoms with Gasteiger partial charge in [0.05, 0.1) is 22.5 Å². The second kappa shape index (κ2) is 21.8. The number of hydrogen-bond acceptors (Lipinski definition) is 9. The summed E-state index contributed by atoms with van der Waals surface area (Å²) in [7, 11) is 0. The number of carbonyl (C=O) groups is 6. The van der Waals surface area contributed by atoms with Crippen molar-refractivity contribution in [3.8, 4) is 0 Å². The van der Waals surface area contributed by atoms with Crippen LogP contribution in [0, 0.1) is 11.8 Å². The summed E-state index contributed by atoms with van der Waals surface area (Å²) >= 11 is 2.56. The number of nitrogens with one attached hydrogen (secondary N) is 3. The molecule has 6 amide bonds. The number of primary amides is 1. The van der Waals surface area contributed by atoms with Crippen LogP contribution in [0.4, 0.5) is 10.5 Å². The zero-order valence-corrected chi connectivity index (χ0v) is 32.8. The zero-order chi connectivity index (χ0) is 39.7. The van der Waals surface area contributed by atoms with E-state index in [1.165, 1.54) is 28.4 Å². The number of anilines is 1. The summed E-state index contributed by atoms with van der Waals surface area (Å²) in [5.74, 6) is -2.60. The number of urea groups is 1. The predicted molar refractivity (Wildman–Crippen MR) is 215 cm³/mol. The average Bonchev–Trinajstić information content (AvgIpc) is 3.38. The third-order valence-corrected chi connectivity index (χ3v) is 11.2. The van der Waals surface area contributed by atoms with E-state index in [4.69, 9.17) is 5.73 Å². The minimum atomic E-state index is -0.817. The molecule has 3 aromatic carbocycles. The number of ketones is 1. The Morgan fingerprint density at radius 1 is 0.782 bits per heavy atom. The minimum absolute atomic E-state index is 0.124. The van der Waals surface area contributed by atoms with Crippen molar-refractivity contribution in [1.82, 2.24) is 15.5 Å². The van der Waals surface area contributed by atoms with Gasteiger partial charge in [-0.1, -0.05) is 92.3 Å². The molecule has 3 aromatic rings. The highest BCUT2D eigenvalue weighted by molar-refractivity contribution is 8.08. The SMILES string of the molecule is CC(C)[C@H](NC(=O)CCCCCN1C(=O)C(Sc2ccccc2)=C(Sc2ccccc2)C1=O)C(=O)C[C@@H](CCCNC(N)=O)C(=O)Nc1ccc(CO)cc1. The van der Waals surface area contributed by atoms with E-state index >= 15 is 0 Å². The first-order valence-corrected chi connectivity index (χ1v) is 20.0. The smallest absolute Gasteiger partial charge is 0.312 e. The summed E-state index contributed by atoms with van der Waals surface area (Å²) in [4.78, 5) is 82.0. The molecule has 0 radical (unpaired) electrons. The molecule has 6 N–H and O–H groups in total. The number of hydrogen-bond donors (Lipinski definition) is 5. The highest BCUT2D eigenvalue weighted by Gasteiger charge is 2.39. The molecule has 12 nitrogen and oxygen atoms in total. The van der Waals surface area contributed by atoms with E-state index in [1.54, 1.807) is 24.3 Å². The molecule has 0 aromatic heterocycles. The first kappa shape index (κ1) is 42.8. The molecule has 55 heavy (non-hydrogen) atoms. The van der Waals surface area contributed by atoms with Crippen molar-refractivity contribution in [1.29, 1.82) is 0 Å². The van der Waals surface area contributed by atoms with E-state index in [0.717, 1.165) is 9.79 Å². The number of aliphatic hydroxyl groups is 1. The lowest BCUT2D eigenvalue weighted by Gasteiger charge is -2.24. The van der Waals surface area contributed by atoms with E-state index in [0.29, 0.717) is 53.2 Å². The maximum absolute atomic E-state index is 13.6. The topological polar surface area (TPSA) is 188 Å². The van der Waals surface area contributed by atoms with Crippen LogP contribution in [0.3, 0.4) is 0 Å². The fourth-order valence-corrected chi connectivity index (χ4v) is 7.98. The molecule has 292 valence electrons. The van der Waals surface area contributed by atoms with Gasteiger partial charge in [0.25, 0.3) is 11.8 Å². The summed E-state index contributed by atoms with van der Waals surface area (Å²) in [5.41, 5.74) is 6.37. The van der Waals surface area contributed by atoms with Gasteiger partial charge in [-0.2, -0.15) is 0 Å². The largest absolute Gasteiger partial charge is 0.392 e. The molecule has 0 aliphatic carbocycles. The third kappa shape index (κ3) is 13.4. The van der Waals surface area contributed by atoms with Crippen LogP contribution in [0.5, 0.6) is 0 Å². The number of benzene rings is 3. The molecule has 0 unspecified atom stereocenters. The van der Waals surface area contributed by atoms with Gasteiger partial charge in [0.2, 0.25) is 11.8 Å². The molecule has 1 heterocycles. The molecular weight excluding hydrogens is 739 g/mol. The number of Topliss-reactive ketones (excluding diaryl/α,β-unsaturated/α-hetero) is 1. The van der Waals surface area contributed by atoms with Crippen molar-refractivity contribution in [2.24, 2.45) is 17.6 Å². The fraction of sp³-hybridized carbons (Fsp3) is 0.366. The molecule has 0 saturated carbocycles. The van der Waals surface area contributed by atoms with Gasteiger partial charge in [-0.05, 0) is 73.6 Å². The van der Waals surface area contributed by atoms with Gasteiger partial charge in [0.15, 0.2) is 5.78 Å². The number of nitrogens with two attached hydrogens (primary N) is 1. The van der Waals surface area contributed by atoms with E-state index in [9.17, 15) is 33.9 Å². The molecular formula is C41H49N5O7S2. The number of carbonyl (C=O) groups excluding carboxylic acids is 6. The molecule has 1 aliphatic rings. The monoisotopic (exact) mass is 787 g/mol. The summed E-state index contributed by atoms with van der Waals surface area (Å²) in [6, 6.07) is 24.1. The Bertz CT molecular complexity index is 1760. The van der Waals surface area contributed by atoms with Gasteiger partial charge in [-0.15, -0.1) is 0 Å². The molecule has 4 rings (SSSR count). The number of unbranched alkanes of at least 4 members (excludes halogenated alkanes) is 2. The summed E-state index contributed by atoms with van der Waals surface area (Å²) in [6.45, 7) is 3.97. The van der Waals surface area contributed by atoms with E-state index in [1.807, 2.05) is 74.5 Å². The van der Waals surface area contributed by atoms with Crippen LogP contribution in [-0.2, 0) is 30.6 Å². The molecule has 0 bridgehead atoms. The maximum Gasteiger partial charge on any atom is 0.312 e. The van der Waals surface area contributed by atoms with E-state index < -0.39 is 18.0 Å². The Balaban J connectivity index is 1.29. The summed E-state index contributed by atoms with van der Waals surface area (Å²) in [6.07, 6.45) is 2.29. The van der Waals surface area contributed by atoms with E-state index in [2.05, 4.69) is 16.0 Å². The van der Waals surface area contributed by atoms with Crippen LogP contribution in [0.25, 0.3) is 0 Å². The van der Waals surface area contributed by atoms with Crippen molar-refractivity contribution in [2.75, 3.05) is 18.4 Å². The third-order valence-electron chi connectivity index (χ3n) is 8.88. The van der Waals surface area contributed by atoms with Crippen LogP contribution in [0.2, 0.25) is 0 Å². The lowest BCUT2D eigenvalue weighted by Crippen LogP contribution is -2.45. The first-order chi connectivity index (χ1) is 26.5. The van der Waals surface area contributed by atoms with Crippen molar-refractivity contribution < 1.29 is 33.9 Å². The maximum atomic E-state index is 13.6.